The normalized spacial score (nSPS) is 26.0. The van der Waals surface area contributed by atoms with Crippen molar-refractivity contribution in [1.29, 1.82) is 0 Å². The molecule has 5 heterocycles. The summed E-state index contributed by atoms with van der Waals surface area (Å²) in [5, 5.41) is 0. The highest BCUT2D eigenvalue weighted by Crippen LogP contribution is 2.55. The molecule has 10 aromatic carbocycles. The maximum absolute atomic E-state index is 2.57. The van der Waals surface area contributed by atoms with Crippen LogP contribution in [0.25, 0.3) is 55.6 Å². The summed E-state index contributed by atoms with van der Waals surface area (Å²) in [5.41, 5.74) is 45.2. The summed E-state index contributed by atoms with van der Waals surface area (Å²) in [7, 11) is 0. The molecule has 5 aliphatic heterocycles. The largest absolute Gasteiger partial charge is 0.368 e. The van der Waals surface area contributed by atoms with E-state index in [4.69, 9.17) is 0 Å². The lowest BCUT2D eigenvalue weighted by Crippen LogP contribution is -2.30. The molecule has 130 heavy (non-hydrogen) atoms. The summed E-state index contributed by atoms with van der Waals surface area (Å²) in [6.07, 6.45) is 6.14. The average Bonchev–Trinajstić information content (AvgIpc) is 1.60. The van der Waals surface area contributed by atoms with Gasteiger partial charge >= 0.3 is 0 Å². The number of hydrogen-bond donors (Lipinski definition) is 0. The predicted molar refractivity (Wildman–Crippen MR) is 588 cm³/mol. The fourth-order valence-corrected chi connectivity index (χ4v) is 24.9. The van der Waals surface area contributed by atoms with Gasteiger partial charge in [0.15, 0.2) is 0 Å². The highest BCUT2D eigenvalue weighted by Gasteiger charge is 2.42. The Kier molecular flexibility index (Phi) is 37.5. The van der Waals surface area contributed by atoms with Crippen LogP contribution < -0.4 is 24.5 Å². The Bertz CT molecular complexity index is 5420. The third-order valence-electron chi connectivity index (χ3n) is 33.7. The van der Waals surface area contributed by atoms with E-state index < -0.39 is 0 Å². The average molecular weight is 1760 g/mol. The second-order valence-corrected chi connectivity index (χ2v) is 39.6. The van der Waals surface area contributed by atoms with Gasteiger partial charge in [-0.3, -0.25) is 0 Å². The first-order chi connectivity index (χ1) is 57.7. The van der Waals surface area contributed by atoms with Gasteiger partial charge in [0.2, 0.25) is 0 Å². The third-order valence-corrected chi connectivity index (χ3v) is 33.7. The van der Waals surface area contributed by atoms with Crippen LogP contribution >= 0.6 is 0 Å². The van der Waals surface area contributed by atoms with Gasteiger partial charge in [0, 0.05) is 121 Å². The molecule has 5 nitrogen and oxygen atoms in total. The molecule has 0 amide bonds. The van der Waals surface area contributed by atoms with Crippen molar-refractivity contribution in [3.63, 3.8) is 0 Å². The summed E-state index contributed by atoms with van der Waals surface area (Å²) in [6, 6.07) is 72.9. The molecule has 0 N–H and O–H groups in total. The minimum Gasteiger partial charge on any atom is -0.368 e. The zero-order valence-corrected chi connectivity index (χ0v) is 78.2. The van der Waals surface area contributed by atoms with E-state index >= 15 is 0 Å². The van der Waals surface area contributed by atoms with E-state index in [0.717, 1.165) is 62.3 Å². The van der Waals surface area contributed by atoms with E-state index in [0.29, 0.717) is 89.4 Å². The molecule has 5 aliphatic carbocycles. The van der Waals surface area contributed by atoms with Crippen LogP contribution in [-0.4, -0.2) is 62.9 Å². The van der Waals surface area contributed by atoms with Gasteiger partial charge in [-0.2, -0.15) is 0 Å². The van der Waals surface area contributed by atoms with Crippen molar-refractivity contribution in [2.45, 2.75) is 369 Å². The first-order valence-corrected chi connectivity index (χ1v) is 47.8. The van der Waals surface area contributed by atoms with Gasteiger partial charge in [-0.05, 0) is 336 Å². The molecule has 10 aromatic rings. The molecule has 20 rings (SSSR count). The predicted octanol–water partition coefficient (Wildman–Crippen LogP) is 36.3. The van der Waals surface area contributed by atoms with Crippen LogP contribution in [-0.2, 0) is 32.1 Å². The SMILES string of the molecule is C.C.C.C.C.C.C.C.C.C.CCN1c2ccc(-c3cccc4c3[C@H](C)[C@H](C)C4)cc2[C@H](C)[C@@H]1C.CCN1c2cccc(-c3ccc4c(c3)C[C@H](C)[C@@H]4C)c2[C@H](C)[C@@H]1C.CCN1c2cccc(-c3ccc4c(c3)[C@H](C)[C@H](C)C4)c2[C@H](C)[C@@H]1C.CCN1c2cccc(-c3cccc4c3C[C@H](C)[C@@H]4C)c2[C@H](C)[C@@H]1C.CCN1c2cccc(-c3cccc4c3[C@H](C)[C@H](C)C4)c2[C@H](C)[C@@H]1C. The number of rotatable bonds is 10. The standard InChI is InChI=1S/5C23H29N.10CH4/c1-6-24-17(5)16(4)23-20(11-8-12-22(23)24)19-10-7-9-18-15(3)14(2)13-21(18)19;1-6-24-17(5)16(4)23-20(11-8-12-21(23)24)19-10-7-9-18-13-14(2)15(3)22(18)19;1-6-24-17(5)16(4)23-21(8-7-9-22(23)24)18-10-11-20-15(3)14(2)12-19(20)13-18;1-6-24-17(5)16(4)21-13-18(10-11-22(21)24)20-9-7-8-19-12-14(2)15(3)23(19)20;1-6-24-17(5)16(4)23-20(8-7-9-22(23)24)19-11-10-18-12-14(2)15(3)21(18)13-19;;;;;;;;;;/h2*7-12,14-17H,6,13H2,1-5H3;3*7-11,13-17H,6,12H2,1-5H3;10*1H4/t14-,15-,16+,17-;14-,15-,16-,17+;14-,15-,16+,17-;2*14-,15-,16-,17+;;;;;;;;;;/m01011........../s1. The summed E-state index contributed by atoms with van der Waals surface area (Å²) in [5.74, 6) is 10.1. The van der Waals surface area contributed by atoms with Gasteiger partial charge in [0.25, 0.3) is 0 Å². The van der Waals surface area contributed by atoms with Gasteiger partial charge in [0.1, 0.15) is 0 Å². The molecule has 0 saturated carbocycles. The molecule has 10 aliphatic rings. The van der Waals surface area contributed by atoms with E-state index in [9.17, 15) is 0 Å². The van der Waals surface area contributed by atoms with Crippen molar-refractivity contribution < 1.29 is 0 Å². The number of anilines is 5. The Morgan fingerprint density at radius 1 is 0.200 bits per heavy atom. The molecular weight excluding hydrogens is 1570 g/mol. The molecule has 710 valence electrons. The second-order valence-electron chi connectivity index (χ2n) is 39.6. The topological polar surface area (TPSA) is 16.2 Å². The van der Waals surface area contributed by atoms with Crippen molar-refractivity contribution in [2.24, 2.45) is 29.6 Å². The van der Waals surface area contributed by atoms with Gasteiger partial charge in [-0.25, -0.2) is 0 Å². The molecule has 5 heteroatoms. The van der Waals surface area contributed by atoms with E-state index in [1.54, 1.807) is 77.9 Å². The van der Waals surface area contributed by atoms with Crippen molar-refractivity contribution in [1.82, 2.24) is 0 Å². The second kappa shape index (κ2) is 44.4. The van der Waals surface area contributed by atoms with Gasteiger partial charge in [-0.15, -0.1) is 0 Å². The van der Waals surface area contributed by atoms with Gasteiger partial charge in [-0.1, -0.05) is 324 Å². The molecule has 0 bridgehead atoms. The highest BCUT2D eigenvalue weighted by molar-refractivity contribution is 5.85. The van der Waals surface area contributed by atoms with Crippen LogP contribution in [0.3, 0.4) is 0 Å². The molecule has 0 aromatic heterocycles. The van der Waals surface area contributed by atoms with Crippen molar-refractivity contribution >= 4 is 28.4 Å². The molecule has 0 saturated heterocycles. The Hall–Kier alpha value is -8.80. The van der Waals surface area contributed by atoms with Crippen LogP contribution in [0.2, 0.25) is 0 Å². The summed E-state index contributed by atoms with van der Waals surface area (Å²) < 4.78 is 0. The lowest BCUT2D eigenvalue weighted by molar-refractivity contribution is 0.532. The van der Waals surface area contributed by atoms with E-state index in [-0.39, 0.29) is 74.3 Å². The Balaban J connectivity index is 0.000000246. The third kappa shape index (κ3) is 18.7. The lowest BCUT2D eigenvalue weighted by Gasteiger charge is -2.24. The zero-order valence-electron chi connectivity index (χ0n) is 78.2. The quantitative estimate of drug-likeness (QED) is 0.135. The van der Waals surface area contributed by atoms with E-state index in [2.05, 4.69) is 380 Å². The van der Waals surface area contributed by atoms with Crippen LogP contribution in [0.5, 0.6) is 0 Å². The number of nitrogens with zero attached hydrogens (tertiary/aromatic N) is 5. The molecule has 20 atom stereocenters. The number of benzene rings is 10. The number of likely N-dealkylation sites (N-methyl/N-ethyl adjacent to an activating group) is 5. The Morgan fingerprint density at radius 2 is 0.485 bits per heavy atom. The minimum atomic E-state index is 0. The smallest absolute Gasteiger partial charge is 0.0411 e. The monoisotopic (exact) mass is 1760 g/mol. The first kappa shape index (κ1) is 110. The summed E-state index contributed by atoms with van der Waals surface area (Å²) >= 11 is 0. The fraction of sp³-hybridized carbons (Fsp3) is 0.520. The van der Waals surface area contributed by atoms with Crippen LogP contribution in [0, 0.1) is 29.6 Å². The van der Waals surface area contributed by atoms with Crippen molar-refractivity contribution in [3.05, 3.63) is 265 Å². The highest BCUT2D eigenvalue weighted by atomic mass is 15.2. The van der Waals surface area contributed by atoms with Crippen LogP contribution in [0.15, 0.2) is 182 Å². The molecular formula is C125H185N5. The van der Waals surface area contributed by atoms with Crippen molar-refractivity contribution in [2.75, 3.05) is 57.2 Å². The molecule has 0 unspecified atom stereocenters. The maximum Gasteiger partial charge on any atom is 0.0411 e. The van der Waals surface area contributed by atoms with Crippen LogP contribution in [0.1, 0.15) is 390 Å². The Morgan fingerprint density at radius 3 is 0.923 bits per heavy atom. The molecule has 0 fully saturated rings. The summed E-state index contributed by atoms with van der Waals surface area (Å²) in [6.45, 7) is 64.5. The number of hydrogen-bond acceptors (Lipinski definition) is 5. The molecule has 0 spiro atoms. The Labute approximate surface area is 799 Å². The van der Waals surface area contributed by atoms with Crippen LogP contribution in [0.4, 0.5) is 28.4 Å². The zero-order chi connectivity index (χ0) is 85.0. The summed E-state index contributed by atoms with van der Waals surface area (Å²) in [4.78, 5) is 12.8. The first-order valence-electron chi connectivity index (χ1n) is 47.8. The molecule has 0 radical (unpaired) electrons. The van der Waals surface area contributed by atoms with Gasteiger partial charge in [0.05, 0.1) is 0 Å². The lowest BCUT2D eigenvalue weighted by atomic mass is 9.85. The number of fused-ring (bicyclic) bond motifs is 10. The minimum absolute atomic E-state index is 0. The van der Waals surface area contributed by atoms with Crippen molar-refractivity contribution in [3.8, 4) is 55.6 Å². The fourth-order valence-electron chi connectivity index (χ4n) is 24.9. The maximum atomic E-state index is 2.57. The van der Waals surface area contributed by atoms with Gasteiger partial charge < -0.3 is 24.5 Å². The van der Waals surface area contributed by atoms with E-state index in [1.807, 2.05) is 0 Å². The van der Waals surface area contributed by atoms with E-state index in [1.165, 1.54) is 122 Å².